The first-order chi connectivity index (χ1) is 11.6. The molecule has 7 heteroatoms. The molecule has 0 bridgehead atoms. The number of aromatic nitrogens is 2. The van der Waals surface area contributed by atoms with Gasteiger partial charge in [-0.05, 0) is 42.3 Å². The molecule has 3 aromatic rings. The molecule has 1 amide bonds. The fourth-order valence-electron chi connectivity index (χ4n) is 2.91. The molecule has 0 aliphatic heterocycles. The van der Waals surface area contributed by atoms with Gasteiger partial charge in [0.25, 0.3) is 0 Å². The highest BCUT2D eigenvalue weighted by atomic mass is 35.5. The van der Waals surface area contributed by atoms with Gasteiger partial charge in [-0.3, -0.25) is 9.48 Å². The van der Waals surface area contributed by atoms with Crippen molar-refractivity contribution in [3.63, 3.8) is 0 Å². The number of hydrogen-bond acceptors (Lipinski definition) is 3. The van der Waals surface area contributed by atoms with E-state index in [0.717, 1.165) is 22.3 Å². The molecule has 0 saturated heterocycles. The number of rotatable bonds is 5. The SMILES string of the molecule is Cc1cc(C)n(CC(=O)NC(CN)c2ccc3ccccc3c2)n1.Cl.Cl. The van der Waals surface area contributed by atoms with Crippen molar-refractivity contribution in [1.82, 2.24) is 15.1 Å². The summed E-state index contributed by atoms with van der Waals surface area (Å²) in [5.74, 6) is -0.0928. The van der Waals surface area contributed by atoms with Crippen molar-refractivity contribution < 1.29 is 4.79 Å². The molecule has 0 saturated carbocycles. The van der Waals surface area contributed by atoms with E-state index < -0.39 is 0 Å². The summed E-state index contributed by atoms with van der Waals surface area (Å²) in [6, 6.07) is 16.0. The summed E-state index contributed by atoms with van der Waals surface area (Å²) in [6.45, 7) is 4.40. The second-order valence-electron chi connectivity index (χ2n) is 6.05. The monoisotopic (exact) mass is 394 g/mol. The fraction of sp³-hybridized carbons (Fsp3) is 0.263. The Balaban J connectivity index is 0.00000169. The molecule has 1 atom stereocenters. The van der Waals surface area contributed by atoms with Crippen molar-refractivity contribution in [2.24, 2.45) is 5.73 Å². The molecule has 1 heterocycles. The number of carbonyl (C=O) groups excluding carboxylic acids is 1. The predicted molar refractivity (Wildman–Crippen MR) is 110 cm³/mol. The summed E-state index contributed by atoms with van der Waals surface area (Å²) in [5.41, 5.74) is 8.78. The summed E-state index contributed by atoms with van der Waals surface area (Å²) in [5, 5.41) is 9.64. The van der Waals surface area contributed by atoms with E-state index in [1.54, 1.807) is 4.68 Å². The van der Waals surface area contributed by atoms with E-state index in [9.17, 15) is 4.79 Å². The Hall–Kier alpha value is -2.08. The van der Waals surface area contributed by atoms with E-state index in [1.807, 2.05) is 38.1 Å². The van der Waals surface area contributed by atoms with Crippen LogP contribution in [0.25, 0.3) is 10.8 Å². The number of nitrogens with one attached hydrogen (secondary N) is 1. The maximum Gasteiger partial charge on any atom is 0.242 e. The molecule has 0 fully saturated rings. The summed E-state index contributed by atoms with van der Waals surface area (Å²) < 4.78 is 1.71. The lowest BCUT2D eigenvalue weighted by Gasteiger charge is -2.18. The third-order valence-corrected chi connectivity index (χ3v) is 4.14. The van der Waals surface area contributed by atoms with E-state index in [2.05, 4.69) is 34.7 Å². The maximum absolute atomic E-state index is 12.4. The highest BCUT2D eigenvalue weighted by molar-refractivity contribution is 5.85. The Morgan fingerprint density at radius 1 is 1.12 bits per heavy atom. The van der Waals surface area contributed by atoms with Gasteiger partial charge < -0.3 is 11.1 Å². The Kier molecular flexibility index (Phi) is 8.08. The van der Waals surface area contributed by atoms with Gasteiger partial charge >= 0.3 is 0 Å². The van der Waals surface area contributed by atoms with Crippen molar-refractivity contribution in [1.29, 1.82) is 0 Å². The van der Waals surface area contributed by atoms with Gasteiger partial charge in [-0.1, -0.05) is 36.4 Å². The average molecular weight is 395 g/mol. The predicted octanol–water partition coefficient (Wildman–Crippen LogP) is 3.31. The third kappa shape index (κ3) is 4.97. The zero-order valence-electron chi connectivity index (χ0n) is 14.8. The summed E-state index contributed by atoms with van der Waals surface area (Å²) in [6.07, 6.45) is 0. The third-order valence-electron chi connectivity index (χ3n) is 4.14. The van der Waals surface area contributed by atoms with Gasteiger partial charge in [-0.15, -0.1) is 24.8 Å². The van der Waals surface area contributed by atoms with E-state index >= 15 is 0 Å². The van der Waals surface area contributed by atoms with Gasteiger partial charge in [0.1, 0.15) is 6.54 Å². The minimum Gasteiger partial charge on any atom is -0.346 e. The minimum atomic E-state index is -0.209. The van der Waals surface area contributed by atoms with Crippen LogP contribution in [0.5, 0.6) is 0 Å². The Morgan fingerprint density at radius 2 is 1.81 bits per heavy atom. The molecule has 2 aromatic carbocycles. The molecule has 140 valence electrons. The average Bonchev–Trinajstić information content (AvgIpc) is 2.89. The van der Waals surface area contributed by atoms with Gasteiger partial charge in [-0.2, -0.15) is 5.10 Å². The lowest BCUT2D eigenvalue weighted by molar-refractivity contribution is -0.122. The van der Waals surface area contributed by atoms with Crippen LogP contribution in [0, 0.1) is 13.8 Å². The smallest absolute Gasteiger partial charge is 0.242 e. The highest BCUT2D eigenvalue weighted by Gasteiger charge is 2.15. The Bertz CT molecular complexity index is 879. The molecule has 5 nitrogen and oxygen atoms in total. The molecule has 0 spiro atoms. The number of aryl methyl sites for hydroxylation is 2. The summed E-state index contributed by atoms with van der Waals surface area (Å²) in [7, 11) is 0. The van der Waals surface area contributed by atoms with Crippen molar-refractivity contribution in [2.45, 2.75) is 26.4 Å². The molecule has 3 N–H and O–H groups in total. The van der Waals surface area contributed by atoms with Crippen LogP contribution in [0.2, 0.25) is 0 Å². The number of halogens is 2. The van der Waals surface area contributed by atoms with E-state index in [4.69, 9.17) is 5.73 Å². The molecule has 1 unspecified atom stereocenters. The standard InChI is InChI=1S/C19H22N4O.2ClH/c1-13-9-14(2)23(22-13)12-19(24)21-18(11-20)17-8-7-15-5-3-4-6-16(15)10-17;;/h3-10,18H,11-12,20H2,1-2H3,(H,21,24);2*1H. The van der Waals surface area contributed by atoms with Crippen molar-refractivity contribution in [3.05, 3.63) is 65.5 Å². The molecule has 0 aliphatic carbocycles. The molecule has 3 rings (SSSR count). The largest absolute Gasteiger partial charge is 0.346 e. The zero-order valence-corrected chi connectivity index (χ0v) is 16.4. The van der Waals surface area contributed by atoms with Crippen LogP contribution in [0.3, 0.4) is 0 Å². The fourth-order valence-corrected chi connectivity index (χ4v) is 2.91. The van der Waals surface area contributed by atoms with Crippen LogP contribution >= 0.6 is 24.8 Å². The lowest BCUT2D eigenvalue weighted by atomic mass is 10.0. The zero-order chi connectivity index (χ0) is 17.1. The van der Waals surface area contributed by atoms with Crippen LogP contribution in [-0.2, 0) is 11.3 Å². The second kappa shape index (κ2) is 9.57. The van der Waals surface area contributed by atoms with Gasteiger partial charge in [0.2, 0.25) is 5.91 Å². The first-order valence-electron chi connectivity index (χ1n) is 8.06. The topological polar surface area (TPSA) is 72.9 Å². The second-order valence-corrected chi connectivity index (χ2v) is 6.05. The van der Waals surface area contributed by atoms with Gasteiger partial charge in [0, 0.05) is 12.2 Å². The Labute approximate surface area is 165 Å². The molecular formula is C19H24Cl2N4O. The van der Waals surface area contributed by atoms with E-state index in [1.165, 1.54) is 5.39 Å². The molecule has 1 aromatic heterocycles. The van der Waals surface area contributed by atoms with Crippen LogP contribution < -0.4 is 11.1 Å². The van der Waals surface area contributed by atoms with Gasteiger partial charge in [0.15, 0.2) is 0 Å². The first kappa shape index (κ1) is 22.0. The number of benzene rings is 2. The van der Waals surface area contributed by atoms with Crippen molar-refractivity contribution >= 4 is 41.5 Å². The number of nitrogens with two attached hydrogens (primary N) is 1. The summed E-state index contributed by atoms with van der Waals surface area (Å²) in [4.78, 5) is 12.4. The maximum atomic E-state index is 12.4. The summed E-state index contributed by atoms with van der Waals surface area (Å²) >= 11 is 0. The number of carbonyl (C=O) groups is 1. The molecule has 0 radical (unpaired) electrons. The van der Waals surface area contributed by atoms with E-state index in [0.29, 0.717) is 6.54 Å². The Morgan fingerprint density at radius 3 is 2.42 bits per heavy atom. The molecular weight excluding hydrogens is 371 g/mol. The number of nitrogens with zero attached hydrogens (tertiary/aromatic N) is 2. The number of amides is 1. The molecule has 0 aliphatic rings. The normalized spacial score (nSPS) is 11.3. The van der Waals surface area contributed by atoms with Crippen molar-refractivity contribution in [3.8, 4) is 0 Å². The van der Waals surface area contributed by atoms with Crippen LogP contribution in [0.15, 0.2) is 48.5 Å². The quantitative estimate of drug-likeness (QED) is 0.696. The highest BCUT2D eigenvalue weighted by Crippen LogP contribution is 2.20. The molecule has 26 heavy (non-hydrogen) atoms. The van der Waals surface area contributed by atoms with Crippen molar-refractivity contribution in [2.75, 3.05) is 6.54 Å². The van der Waals surface area contributed by atoms with Crippen LogP contribution in [-0.4, -0.2) is 22.2 Å². The van der Waals surface area contributed by atoms with Crippen LogP contribution in [0.4, 0.5) is 0 Å². The van der Waals surface area contributed by atoms with Crippen LogP contribution in [0.1, 0.15) is 23.0 Å². The van der Waals surface area contributed by atoms with E-state index in [-0.39, 0.29) is 43.3 Å². The number of fused-ring (bicyclic) bond motifs is 1. The van der Waals surface area contributed by atoms with Gasteiger partial charge in [-0.25, -0.2) is 0 Å². The minimum absolute atomic E-state index is 0. The lowest BCUT2D eigenvalue weighted by Crippen LogP contribution is -2.35. The van der Waals surface area contributed by atoms with Gasteiger partial charge in [0.05, 0.1) is 11.7 Å². The number of hydrogen-bond donors (Lipinski definition) is 2. The first-order valence-corrected chi connectivity index (χ1v) is 8.06.